The summed E-state index contributed by atoms with van der Waals surface area (Å²) in [4.78, 5) is 13.4. The molecule has 0 spiro atoms. The van der Waals surface area contributed by atoms with E-state index in [0.29, 0.717) is 18.6 Å². The fourth-order valence-corrected chi connectivity index (χ4v) is 3.13. The van der Waals surface area contributed by atoms with E-state index >= 15 is 0 Å². The second-order valence-corrected chi connectivity index (χ2v) is 6.95. The van der Waals surface area contributed by atoms with Crippen molar-refractivity contribution < 1.29 is 14.3 Å². The van der Waals surface area contributed by atoms with Gasteiger partial charge in [0.15, 0.2) is 11.5 Å². The van der Waals surface area contributed by atoms with Crippen LogP contribution in [0.5, 0.6) is 11.5 Å². The maximum absolute atomic E-state index is 11.5. The lowest BCUT2D eigenvalue weighted by molar-refractivity contribution is -0.130. The molecule has 5 heteroatoms. The number of piperidine rings is 1. The molecule has 0 saturated carbocycles. The number of carbonyl (C=O) groups excluding carboxylic acids is 1. The highest BCUT2D eigenvalue weighted by Crippen LogP contribution is 2.28. The fourth-order valence-electron chi connectivity index (χ4n) is 3.13. The third kappa shape index (κ3) is 5.49. The van der Waals surface area contributed by atoms with Crippen molar-refractivity contribution in [3.63, 3.8) is 0 Å². The van der Waals surface area contributed by atoms with Gasteiger partial charge in [-0.05, 0) is 42.5 Å². The molecule has 2 atom stereocenters. The van der Waals surface area contributed by atoms with Gasteiger partial charge in [0.25, 0.3) is 0 Å². The van der Waals surface area contributed by atoms with Crippen LogP contribution in [0.25, 0.3) is 0 Å². The molecular weight excluding hydrogens is 316 g/mol. The Morgan fingerprint density at radius 3 is 2.72 bits per heavy atom. The van der Waals surface area contributed by atoms with Crippen molar-refractivity contribution in [2.45, 2.75) is 39.8 Å². The maximum Gasteiger partial charge on any atom is 0.219 e. The van der Waals surface area contributed by atoms with E-state index in [9.17, 15) is 4.79 Å². The smallest absolute Gasteiger partial charge is 0.219 e. The minimum Gasteiger partial charge on any atom is -0.493 e. The van der Waals surface area contributed by atoms with Crippen LogP contribution in [0.15, 0.2) is 30.4 Å². The molecule has 1 fully saturated rings. The zero-order valence-corrected chi connectivity index (χ0v) is 15.8. The molecule has 5 nitrogen and oxygen atoms in total. The summed E-state index contributed by atoms with van der Waals surface area (Å²) < 4.78 is 11.2. The van der Waals surface area contributed by atoms with Crippen LogP contribution in [0.1, 0.15) is 32.8 Å². The molecule has 1 aromatic rings. The molecule has 1 saturated heterocycles. The van der Waals surface area contributed by atoms with Gasteiger partial charge in [-0.2, -0.15) is 0 Å². The van der Waals surface area contributed by atoms with Gasteiger partial charge >= 0.3 is 0 Å². The molecule has 1 aliphatic heterocycles. The van der Waals surface area contributed by atoms with E-state index in [0.717, 1.165) is 48.7 Å². The van der Waals surface area contributed by atoms with Gasteiger partial charge < -0.3 is 19.7 Å². The summed E-state index contributed by atoms with van der Waals surface area (Å²) >= 11 is 0. The van der Waals surface area contributed by atoms with Crippen LogP contribution >= 0.6 is 0 Å². The highest BCUT2D eigenvalue weighted by Gasteiger charge is 2.26. The Hall–Kier alpha value is -2.01. The second-order valence-electron chi connectivity index (χ2n) is 6.95. The SMILES string of the molecule is C=C(C)COc1cc(CN[C@H]2CCN(C(C)=O)C[C@H]2C)ccc1OC. The predicted molar refractivity (Wildman–Crippen MR) is 100.0 cm³/mol. The van der Waals surface area contributed by atoms with Crippen molar-refractivity contribution in [2.24, 2.45) is 5.92 Å². The van der Waals surface area contributed by atoms with Crippen molar-refractivity contribution in [2.75, 3.05) is 26.8 Å². The summed E-state index contributed by atoms with van der Waals surface area (Å²) in [6.07, 6.45) is 0.982. The topological polar surface area (TPSA) is 50.8 Å². The van der Waals surface area contributed by atoms with Crippen molar-refractivity contribution >= 4 is 5.91 Å². The minimum atomic E-state index is 0.166. The zero-order valence-electron chi connectivity index (χ0n) is 15.8. The molecule has 1 amide bonds. The molecule has 1 heterocycles. The number of nitrogens with one attached hydrogen (secondary N) is 1. The Morgan fingerprint density at radius 1 is 1.36 bits per heavy atom. The quantitative estimate of drug-likeness (QED) is 0.771. The average Bonchev–Trinajstić information content (AvgIpc) is 2.58. The van der Waals surface area contributed by atoms with Crippen molar-refractivity contribution in [1.82, 2.24) is 10.2 Å². The minimum absolute atomic E-state index is 0.166. The molecule has 138 valence electrons. The second kappa shape index (κ2) is 8.90. The van der Waals surface area contributed by atoms with Crippen molar-refractivity contribution in [1.29, 1.82) is 0 Å². The Balaban J connectivity index is 1.95. The van der Waals surface area contributed by atoms with Gasteiger partial charge in [0.05, 0.1) is 7.11 Å². The zero-order chi connectivity index (χ0) is 18.4. The number of benzene rings is 1. The first-order valence-corrected chi connectivity index (χ1v) is 8.83. The number of rotatable bonds is 7. The van der Waals surface area contributed by atoms with Crippen LogP contribution in [-0.2, 0) is 11.3 Å². The van der Waals surface area contributed by atoms with Crippen LogP contribution in [0.4, 0.5) is 0 Å². The molecular formula is C20H30N2O3. The maximum atomic E-state index is 11.5. The van der Waals surface area contributed by atoms with Crippen LogP contribution in [0.3, 0.4) is 0 Å². The normalized spacial score (nSPS) is 20.2. The number of carbonyl (C=O) groups is 1. The Morgan fingerprint density at radius 2 is 2.12 bits per heavy atom. The standard InChI is InChI=1S/C20H30N2O3/c1-14(2)13-25-20-10-17(6-7-19(20)24-5)11-21-18-8-9-22(16(4)23)12-15(18)3/h6-7,10,15,18,21H,1,8-9,11-13H2,2-5H3/t15-,18+/m1/s1. The fraction of sp³-hybridized carbons (Fsp3) is 0.550. The number of methoxy groups -OCH3 is 1. The Bertz CT molecular complexity index is 615. The van der Waals surface area contributed by atoms with E-state index in [1.54, 1.807) is 14.0 Å². The van der Waals surface area contributed by atoms with Gasteiger partial charge in [-0.25, -0.2) is 0 Å². The van der Waals surface area contributed by atoms with Crippen molar-refractivity contribution in [3.8, 4) is 11.5 Å². The highest BCUT2D eigenvalue weighted by atomic mass is 16.5. The number of likely N-dealkylation sites (tertiary alicyclic amines) is 1. The lowest BCUT2D eigenvalue weighted by Gasteiger charge is -2.37. The third-order valence-electron chi connectivity index (χ3n) is 4.62. The molecule has 0 aromatic heterocycles. The number of hydrogen-bond donors (Lipinski definition) is 1. The van der Waals surface area contributed by atoms with E-state index in [1.807, 2.05) is 24.0 Å². The van der Waals surface area contributed by atoms with E-state index in [4.69, 9.17) is 9.47 Å². The van der Waals surface area contributed by atoms with E-state index < -0.39 is 0 Å². The predicted octanol–water partition coefficient (Wildman–Crippen LogP) is 3.00. The summed E-state index contributed by atoms with van der Waals surface area (Å²) in [7, 11) is 1.64. The van der Waals surface area contributed by atoms with Crippen LogP contribution < -0.4 is 14.8 Å². The van der Waals surface area contributed by atoms with Gasteiger partial charge in [0.1, 0.15) is 6.61 Å². The van der Waals surface area contributed by atoms with Gasteiger partial charge in [-0.1, -0.05) is 19.6 Å². The monoisotopic (exact) mass is 346 g/mol. The molecule has 1 aliphatic rings. The van der Waals surface area contributed by atoms with E-state index in [-0.39, 0.29) is 5.91 Å². The summed E-state index contributed by atoms with van der Waals surface area (Å²) in [5.41, 5.74) is 2.12. The number of amides is 1. The van der Waals surface area contributed by atoms with Crippen LogP contribution in [-0.4, -0.2) is 43.7 Å². The molecule has 0 bridgehead atoms. The Kier molecular flexibility index (Phi) is 6.88. The molecule has 1 aromatic carbocycles. The Labute approximate surface area is 151 Å². The summed E-state index contributed by atoms with van der Waals surface area (Å²) in [5, 5.41) is 3.62. The number of hydrogen-bond acceptors (Lipinski definition) is 4. The first-order chi connectivity index (χ1) is 11.9. The van der Waals surface area contributed by atoms with Gasteiger partial charge in [-0.15, -0.1) is 0 Å². The lowest BCUT2D eigenvalue weighted by atomic mass is 9.93. The van der Waals surface area contributed by atoms with Gasteiger partial charge in [0.2, 0.25) is 5.91 Å². The summed E-state index contributed by atoms with van der Waals surface area (Å²) in [6, 6.07) is 6.42. The van der Waals surface area contributed by atoms with Crippen molar-refractivity contribution in [3.05, 3.63) is 35.9 Å². The van der Waals surface area contributed by atoms with Gasteiger partial charge in [0, 0.05) is 32.6 Å². The number of ether oxygens (including phenoxy) is 2. The number of nitrogens with zero attached hydrogens (tertiary/aromatic N) is 1. The van der Waals surface area contributed by atoms with E-state index in [2.05, 4.69) is 24.9 Å². The average molecular weight is 346 g/mol. The van der Waals surface area contributed by atoms with Crippen LogP contribution in [0.2, 0.25) is 0 Å². The lowest BCUT2D eigenvalue weighted by Crippen LogP contribution is -2.49. The largest absolute Gasteiger partial charge is 0.493 e. The molecule has 25 heavy (non-hydrogen) atoms. The van der Waals surface area contributed by atoms with Gasteiger partial charge in [-0.3, -0.25) is 4.79 Å². The molecule has 2 rings (SSSR count). The third-order valence-corrected chi connectivity index (χ3v) is 4.62. The first kappa shape index (κ1) is 19.3. The first-order valence-electron chi connectivity index (χ1n) is 8.83. The highest BCUT2D eigenvalue weighted by molar-refractivity contribution is 5.73. The summed E-state index contributed by atoms with van der Waals surface area (Å²) in [5.74, 6) is 2.08. The summed E-state index contributed by atoms with van der Waals surface area (Å²) in [6.45, 7) is 12.5. The van der Waals surface area contributed by atoms with E-state index in [1.165, 1.54) is 0 Å². The molecule has 0 aliphatic carbocycles. The molecule has 0 unspecified atom stereocenters. The molecule has 0 radical (unpaired) electrons. The van der Waals surface area contributed by atoms with Crippen LogP contribution in [0, 0.1) is 5.92 Å². The molecule has 1 N–H and O–H groups in total.